The zero-order chi connectivity index (χ0) is 69.5. The molecule has 3 aliphatic carbocycles. The SMILES string of the molecule is [2H]C([2H])([2H])C([2H])([2H])C([2H])([2H])C([2H])([2H])[C@@]([2H])(NC(=O)[C@@H]1[C@@H]2[C@H](CN1C(=O)[C@@H](NC(=O)NC1(CS(=O)(=O)C(C([2H])([2H])[2H])(C([2H])([2H])[2H])C([2H])([2H])[2H])C([2H])([2H])C([2H])([2H])C([2H])([2H])C([2H])([2H])C1([2H])[2H])C(C([2H])([2H])[2H])(C([2H])([2H])[2H])C([2H])([2H])[2H])C2(C)C)C(=O)C(=O)NC1CC1. The molecule has 5 atom stereocenters. The third kappa shape index (κ3) is 8.79. The van der Waals surface area contributed by atoms with Crippen LogP contribution in [0.15, 0.2) is 0 Å². The lowest BCUT2D eigenvalue weighted by Crippen LogP contribution is -2.64. The van der Waals surface area contributed by atoms with Crippen LogP contribution in [0.2, 0.25) is 0 Å². The van der Waals surface area contributed by atoms with E-state index < -0.39 is 208 Å². The second kappa shape index (κ2) is 14.1. The number of rotatable bonds is 13. The number of fused-ring (bicyclic) bond motifs is 1. The fourth-order valence-corrected chi connectivity index (χ4v) is 6.63. The highest BCUT2D eigenvalue weighted by molar-refractivity contribution is 7.92. The Hall–Kier alpha value is -2.70. The van der Waals surface area contributed by atoms with Gasteiger partial charge in [-0.25, -0.2) is 13.2 Å². The molecule has 4 fully saturated rings. The molecule has 4 N–H and O–H groups in total. The van der Waals surface area contributed by atoms with Crippen molar-refractivity contribution >= 4 is 39.4 Å². The number of hydrogen-bond donors (Lipinski definition) is 4. The van der Waals surface area contributed by atoms with Gasteiger partial charge in [0.05, 0.1) is 23.4 Å². The number of piperidine rings is 1. The number of hydrogen-bond acceptors (Lipinski definition) is 7. The molecule has 0 aromatic carbocycles. The standard InChI is InChI=1S/C36H61N5O7S/c1-10-11-15-24(27(42)30(44)37-22-16-17-22)38-29(43)26-25-23(35(25,8)9)20-41(26)31(45)28(33(2,3)4)39-32(46)40-36(18-13-12-14-19-36)21-49(47,48)34(5,6)7/h22-26,28H,10-21H2,1-9H3,(H,37,44)(H,38,43)(H2,39,40,46)/t23-,24+,25-,26-,28+/m0/s1/i1D3,2D3,3D3,4D3,5D3,6D3,7D3,10D2,11D2,12D2,13D2,14D2,15D2,18D2,19D2,24D. The van der Waals surface area contributed by atoms with Crippen LogP contribution in [0.4, 0.5) is 4.79 Å². The summed E-state index contributed by atoms with van der Waals surface area (Å²) in [5.74, 6) is -15.3. The number of carbonyl (C=O) groups is 5. The molecule has 4 aliphatic rings. The van der Waals surface area contributed by atoms with Crippen LogP contribution in [-0.4, -0.2) is 89.6 Å². The van der Waals surface area contributed by atoms with E-state index >= 15 is 14.4 Å². The number of nitrogens with one attached hydrogen (secondary N) is 4. The lowest BCUT2D eigenvalue weighted by atomic mass is 9.83. The number of ketones is 1. The first-order valence-electron chi connectivity index (χ1n) is 33.4. The largest absolute Gasteiger partial charge is 0.347 e. The van der Waals surface area contributed by atoms with Crippen LogP contribution in [0.25, 0.3) is 0 Å². The van der Waals surface area contributed by atoms with Gasteiger partial charge in [-0.15, -0.1) is 0 Å². The highest BCUT2D eigenvalue weighted by Gasteiger charge is 2.70. The third-order valence-corrected chi connectivity index (χ3v) is 10.2. The van der Waals surface area contributed by atoms with E-state index in [2.05, 4.69) is 0 Å². The Balaban J connectivity index is 2.18. The highest BCUT2D eigenvalue weighted by atomic mass is 32.2. The Morgan fingerprint density at radius 2 is 1.69 bits per heavy atom. The van der Waals surface area contributed by atoms with Crippen LogP contribution in [0, 0.1) is 22.7 Å². The summed E-state index contributed by atoms with van der Waals surface area (Å²) in [6.45, 7) is -32.0. The van der Waals surface area contributed by atoms with Crippen LogP contribution in [-0.2, 0) is 29.0 Å². The highest BCUT2D eigenvalue weighted by Crippen LogP contribution is 2.65. The first-order valence-corrected chi connectivity index (χ1v) is 16.1. The van der Waals surface area contributed by atoms with Crippen molar-refractivity contribution in [1.29, 1.82) is 0 Å². The summed E-state index contributed by atoms with van der Waals surface area (Å²) in [4.78, 5) is 73.2. The fourth-order valence-electron chi connectivity index (χ4n) is 5.63. The summed E-state index contributed by atoms with van der Waals surface area (Å²) in [5, 5.41) is 5.59. The lowest BCUT2D eigenvalue weighted by molar-refractivity contribution is -0.145. The topological polar surface area (TPSA) is 171 Å². The molecule has 12 nitrogen and oxygen atoms in total. The molecule has 1 saturated heterocycles. The predicted octanol–water partition coefficient (Wildman–Crippen LogP) is 3.62. The molecule has 0 bridgehead atoms. The number of nitrogens with zero attached hydrogens (tertiary/aromatic N) is 1. The average Bonchev–Trinajstić information content (AvgIpc) is 1.24. The van der Waals surface area contributed by atoms with Gasteiger partial charge in [-0.1, -0.05) is 73.1 Å². The van der Waals surface area contributed by atoms with Crippen LogP contribution >= 0.6 is 0 Å². The molecule has 278 valence electrons. The molecule has 0 spiro atoms. The summed E-state index contributed by atoms with van der Waals surface area (Å²) >= 11 is 0. The zero-order valence-corrected chi connectivity index (χ0v) is 26.7. The van der Waals surface area contributed by atoms with Crippen molar-refractivity contribution in [2.75, 3.05) is 12.3 Å². The molecular formula is C36H61N5O7S. The number of carbonyl (C=O) groups excluding carboxylic acids is 5. The molecule has 0 radical (unpaired) electrons. The number of sulfone groups is 1. The van der Waals surface area contributed by atoms with Gasteiger partial charge in [0.15, 0.2) is 9.84 Å². The van der Waals surface area contributed by atoms with E-state index in [1.807, 2.05) is 5.32 Å². The first-order chi connectivity index (χ1) is 37.6. The molecule has 49 heavy (non-hydrogen) atoms. The third-order valence-electron chi connectivity index (χ3n) is 8.44. The van der Waals surface area contributed by atoms with Crippen molar-refractivity contribution in [3.05, 3.63) is 0 Å². The maximum absolute atomic E-state index is 15.6. The normalized spacial score (nSPS) is 45.7. The van der Waals surface area contributed by atoms with Gasteiger partial charge in [0.25, 0.3) is 5.91 Å². The molecular weight excluding hydrogens is 646 g/mol. The van der Waals surface area contributed by atoms with Gasteiger partial charge in [0, 0.05) is 63.3 Å². The number of Topliss-reactive ketones (excluding diaryl/α,β-unsaturated/α-hetero) is 1. The minimum Gasteiger partial charge on any atom is -0.347 e. The number of amides is 5. The molecule has 5 amide bonds. The molecule has 0 aromatic heterocycles. The second-order valence-electron chi connectivity index (χ2n) is 12.5. The van der Waals surface area contributed by atoms with Crippen LogP contribution in [0.1, 0.15) is 178 Å². The predicted molar refractivity (Wildman–Crippen MR) is 188 cm³/mol. The summed E-state index contributed by atoms with van der Waals surface area (Å²) in [5.41, 5.74) is -11.5. The van der Waals surface area contributed by atoms with Gasteiger partial charge in [-0.05, 0) is 75.2 Å². The zero-order valence-electron chi connectivity index (χ0n) is 63.9. The Kier molecular flexibility index (Phi) is 3.60. The average molecular weight is 746 g/mol. The van der Waals surface area contributed by atoms with Crippen molar-refractivity contribution < 1.29 is 84.5 Å². The monoisotopic (exact) mass is 746 g/mol. The lowest BCUT2D eigenvalue weighted by Gasteiger charge is -2.41. The quantitative estimate of drug-likeness (QED) is 0.209. The van der Waals surface area contributed by atoms with Gasteiger partial charge in [-0.3, -0.25) is 19.2 Å². The van der Waals surface area contributed by atoms with Crippen LogP contribution in [0.3, 0.4) is 0 Å². The van der Waals surface area contributed by atoms with E-state index in [9.17, 15) is 18.0 Å². The van der Waals surface area contributed by atoms with Gasteiger partial charge in [0.2, 0.25) is 17.6 Å². The molecule has 0 aromatic rings. The van der Waals surface area contributed by atoms with E-state index in [4.69, 9.17) is 52.1 Å². The van der Waals surface area contributed by atoms with Crippen LogP contribution in [0.5, 0.6) is 0 Å². The second-order valence-corrected chi connectivity index (χ2v) is 14.6. The van der Waals surface area contributed by atoms with E-state index in [-0.39, 0.29) is 17.7 Å². The van der Waals surface area contributed by atoms with Crippen LogP contribution < -0.4 is 21.3 Å². The van der Waals surface area contributed by atoms with E-state index in [1.165, 1.54) is 24.5 Å². The molecule has 1 aliphatic heterocycles. The summed E-state index contributed by atoms with van der Waals surface area (Å²) in [6.07, 6.45) is -38.3. The Morgan fingerprint density at radius 3 is 2.29 bits per heavy atom. The Bertz CT molecular complexity index is 2780. The van der Waals surface area contributed by atoms with Crippen molar-refractivity contribution in [2.45, 2.75) is 160 Å². The molecule has 0 unspecified atom stereocenters. The summed E-state index contributed by atoms with van der Waals surface area (Å²) in [6, 6.07) is -15.2. The molecule has 1 heterocycles. The Labute approximate surface area is 346 Å². The molecule has 3 saturated carbocycles. The smallest absolute Gasteiger partial charge is 0.315 e. The fraction of sp³-hybridized carbons (Fsp3) is 0.861. The van der Waals surface area contributed by atoms with Crippen molar-refractivity contribution in [1.82, 2.24) is 26.2 Å². The van der Waals surface area contributed by atoms with Crippen molar-refractivity contribution in [3.63, 3.8) is 0 Å². The van der Waals surface area contributed by atoms with Gasteiger partial charge < -0.3 is 26.2 Å². The van der Waals surface area contributed by atoms with Gasteiger partial charge >= 0.3 is 6.03 Å². The van der Waals surface area contributed by atoms with E-state index in [1.54, 1.807) is 0 Å². The number of urea groups is 1. The summed E-state index contributed by atoms with van der Waals surface area (Å²) in [7, 11) is -7.31. The van der Waals surface area contributed by atoms with E-state index in [0.29, 0.717) is 0 Å². The van der Waals surface area contributed by atoms with Crippen molar-refractivity contribution in [2.24, 2.45) is 22.7 Å². The minimum atomic E-state index is -7.31. The maximum atomic E-state index is 15.6. The number of likely N-dealkylation sites (tertiary alicyclic amines) is 1. The van der Waals surface area contributed by atoms with Gasteiger partial charge in [-0.2, -0.15) is 0 Å². The minimum absolute atomic E-state index is 0.0254. The maximum Gasteiger partial charge on any atom is 0.315 e. The van der Waals surface area contributed by atoms with E-state index in [0.717, 1.165) is 5.32 Å². The summed E-state index contributed by atoms with van der Waals surface area (Å²) < 4.78 is 343. The molecule has 4 rings (SSSR count). The Morgan fingerprint density at radius 1 is 1.02 bits per heavy atom. The first kappa shape index (κ1) is 12.5. The molecule has 13 heteroatoms. The van der Waals surface area contributed by atoms with Crippen molar-refractivity contribution in [3.8, 4) is 0 Å². The van der Waals surface area contributed by atoms with Gasteiger partial charge in [0.1, 0.15) is 12.1 Å².